The predicted molar refractivity (Wildman–Crippen MR) is 105 cm³/mol. The van der Waals surface area contributed by atoms with Gasteiger partial charge in [0, 0.05) is 25.6 Å². The lowest BCUT2D eigenvalue weighted by Crippen LogP contribution is -2.19. The van der Waals surface area contributed by atoms with E-state index in [1.807, 2.05) is 28.9 Å². The Hall–Kier alpha value is -2.11. The summed E-state index contributed by atoms with van der Waals surface area (Å²) in [5, 5.41) is 9.74. The number of fused-ring (bicyclic) bond motifs is 1. The van der Waals surface area contributed by atoms with Crippen molar-refractivity contribution in [1.82, 2.24) is 14.8 Å². The summed E-state index contributed by atoms with van der Waals surface area (Å²) in [5.74, 6) is 0.853. The number of halogens is 1. The van der Waals surface area contributed by atoms with Crippen LogP contribution in [-0.4, -0.2) is 27.9 Å². The molecule has 0 aliphatic carbocycles. The Kier molecular flexibility index (Phi) is 5.09. The van der Waals surface area contributed by atoms with Crippen molar-refractivity contribution >= 4 is 28.3 Å². The van der Waals surface area contributed by atoms with Crippen molar-refractivity contribution in [2.45, 2.75) is 38.8 Å². The van der Waals surface area contributed by atoms with E-state index < -0.39 is 0 Å². The maximum atomic E-state index is 6.37. The molecule has 0 radical (unpaired) electrons. The molecule has 0 amide bonds. The van der Waals surface area contributed by atoms with E-state index in [-0.39, 0.29) is 6.23 Å². The minimum absolute atomic E-state index is 0.0401. The molecule has 1 unspecified atom stereocenters. The zero-order valence-electron chi connectivity index (χ0n) is 14.9. The van der Waals surface area contributed by atoms with Gasteiger partial charge in [-0.05, 0) is 31.7 Å². The molecule has 1 saturated heterocycles. The van der Waals surface area contributed by atoms with Gasteiger partial charge in [0.2, 0.25) is 0 Å². The number of benzene rings is 1. The molecule has 136 valence electrons. The standard InChI is InChI=1S/C20H23ClN4O/c1-2-22-20-19-15(12-14-8-4-3-5-9-14)23-17(21)13-16(19)25(24-20)18-10-6-7-11-26-18/h3-5,8-9,13,18H,2,6-7,10-12H2,1H3,(H,22,24). The first-order valence-corrected chi connectivity index (χ1v) is 9.61. The van der Waals surface area contributed by atoms with Crippen LogP contribution in [0.1, 0.15) is 43.7 Å². The number of aromatic nitrogens is 3. The number of ether oxygens (including phenoxy) is 1. The van der Waals surface area contributed by atoms with E-state index >= 15 is 0 Å². The van der Waals surface area contributed by atoms with Crippen molar-refractivity contribution in [1.29, 1.82) is 0 Å². The Labute approximate surface area is 158 Å². The highest BCUT2D eigenvalue weighted by Crippen LogP contribution is 2.34. The number of rotatable bonds is 5. The number of anilines is 1. The highest BCUT2D eigenvalue weighted by atomic mass is 35.5. The van der Waals surface area contributed by atoms with Crippen LogP contribution >= 0.6 is 11.6 Å². The molecule has 1 atom stereocenters. The van der Waals surface area contributed by atoms with Gasteiger partial charge >= 0.3 is 0 Å². The van der Waals surface area contributed by atoms with Crippen LogP contribution in [0.2, 0.25) is 5.15 Å². The van der Waals surface area contributed by atoms with Gasteiger partial charge in [0.1, 0.15) is 5.15 Å². The molecule has 1 aliphatic heterocycles. The molecule has 6 heteroatoms. The largest absolute Gasteiger partial charge is 0.368 e. The van der Waals surface area contributed by atoms with Crippen LogP contribution in [0.3, 0.4) is 0 Å². The molecule has 1 fully saturated rings. The van der Waals surface area contributed by atoms with Gasteiger partial charge in [0.25, 0.3) is 0 Å². The molecule has 0 bridgehead atoms. The van der Waals surface area contributed by atoms with Crippen molar-refractivity contribution in [2.24, 2.45) is 0 Å². The zero-order valence-corrected chi connectivity index (χ0v) is 15.7. The molecule has 5 nitrogen and oxygen atoms in total. The summed E-state index contributed by atoms with van der Waals surface area (Å²) in [6.07, 6.45) is 3.90. The van der Waals surface area contributed by atoms with Crippen LogP contribution in [-0.2, 0) is 11.2 Å². The van der Waals surface area contributed by atoms with Gasteiger partial charge < -0.3 is 10.1 Å². The summed E-state index contributed by atoms with van der Waals surface area (Å²) in [5.41, 5.74) is 3.13. The molecular formula is C20H23ClN4O. The second-order valence-corrected chi connectivity index (χ2v) is 6.98. The fraction of sp³-hybridized carbons (Fsp3) is 0.400. The highest BCUT2D eigenvalue weighted by molar-refractivity contribution is 6.30. The first-order valence-electron chi connectivity index (χ1n) is 9.23. The minimum Gasteiger partial charge on any atom is -0.368 e. The van der Waals surface area contributed by atoms with E-state index in [0.29, 0.717) is 11.6 Å². The summed E-state index contributed by atoms with van der Waals surface area (Å²) in [7, 11) is 0. The van der Waals surface area contributed by atoms with E-state index in [9.17, 15) is 0 Å². The van der Waals surface area contributed by atoms with E-state index in [1.165, 1.54) is 5.56 Å². The van der Waals surface area contributed by atoms with Crippen LogP contribution in [0.25, 0.3) is 10.9 Å². The molecule has 0 spiro atoms. The number of pyridine rings is 1. The minimum atomic E-state index is -0.0401. The van der Waals surface area contributed by atoms with Gasteiger partial charge in [-0.25, -0.2) is 9.67 Å². The molecular weight excluding hydrogens is 348 g/mol. The summed E-state index contributed by atoms with van der Waals surface area (Å²) >= 11 is 6.37. The van der Waals surface area contributed by atoms with Crippen molar-refractivity contribution in [3.63, 3.8) is 0 Å². The maximum Gasteiger partial charge on any atom is 0.157 e. The van der Waals surface area contributed by atoms with E-state index in [1.54, 1.807) is 0 Å². The zero-order chi connectivity index (χ0) is 17.9. The Morgan fingerprint density at radius 3 is 2.85 bits per heavy atom. The van der Waals surface area contributed by atoms with Gasteiger partial charge in [-0.2, -0.15) is 5.10 Å². The average molecular weight is 371 g/mol. The van der Waals surface area contributed by atoms with Crippen molar-refractivity contribution in [3.05, 3.63) is 52.8 Å². The third-order valence-corrected chi connectivity index (χ3v) is 4.91. The molecule has 3 heterocycles. The second-order valence-electron chi connectivity index (χ2n) is 6.59. The van der Waals surface area contributed by atoms with Gasteiger partial charge in [-0.1, -0.05) is 41.9 Å². The Balaban J connectivity index is 1.84. The topological polar surface area (TPSA) is 52.0 Å². The lowest BCUT2D eigenvalue weighted by Gasteiger charge is -2.23. The summed E-state index contributed by atoms with van der Waals surface area (Å²) < 4.78 is 7.95. The lowest BCUT2D eigenvalue weighted by atomic mass is 10.1. The SMILES string of the molecule is CCNc1nn(C2CCCCO2)c2cc(Cl)nc(Cc3ccccc3)c12. The normalized spacial score (nSPS) is 17.5. The van der Waals surface area contributed by atoms with Crippen molar-refractivity contribution < 1.29 is 4.74 Å². The fourth-order valence-corrected chi connectivity index (χ4v) is 3.75. The molecule has 1 N–H and O–H groups in total. The van der Waals surface area contributed by atoms with Gasteiger partial charge in [-0.15, -0.1) is 0 Å². The number of nitrogens with zero attached hydrogens (tertiary/aromatic N) is 3. The third-order valence-electron chi connectivity index (χ3n) is 4.72. The third kappa shape index (κ3) is 3.41. The Bertz CT molecular complexity index is 888. The Morgan fingerprint density at radius 1 is 1.27 bits per heavy atom. The monoisotopic (exact) mass is 370 g/mol. The van der Waals surface area contributed by atoms with E-state index in [2.05, 4.69) is 29.4 Å². The summed E-state index contributed by atoms with van der Waals surface area (Å²) in [6.45, 7) is 3.64. The first-order chi connectivity index (χ1) is 12.8. The van der Waals surface area contributed by atoms with Gasteiger partial charge in [0.15, 0.2) is 12.0 Å². The number of hydrogen-bond acceptors (Lipinski definition) is 4. The molecule has 3 aromatic rings. The van der Waals surface area contributed by atoms with Crippen LogP contribution in [0.15, 0.2) is 36.4 Å². The summed E-state index contributed by atoms with van der Waals surface area (Å²) in [4.78, 5) is 4.63. The van der Waals surface area contributed by atoms with E-state index in [0.717, 1.165) is 54.8 Å². The lowest BCUT2D eigenvalue weighted by molar-refractivity contribution is -0.0365. The van der Waals surface area contributed by atoms with Gasteiger partial charge in [0.05, 0.1) is 16.6 Å². The molecule has 1 aliphatic rings. The molecule has 2 aromatic heterocycles. The van der Waals surface area contributed by atoms with Crippen molar-refractivity contribution in [2.75, 3.05) is 18.5 Å². The quantitative estimate of drug-likeness (QED) is 0.655. The predicted octanol–water partition coefficient (Wildman–Crippen LogP) is 4.81. The molecule has 0 saturated carbocycles. The van der Waals surface area contributed by atoms with E-state index in [4.69, 9.17) is 21.4 Å². The number of nitrogens with one attached hydrogen (secondary N) is 1. The Morgan fingerprint density at radius 2 is 2.12 bits per heavy atom. The molecule has 4 rings (SSSR count). The highest BCUT2D eigenvalue weighted by Gasteiger charge is 2.23. The smallest absolute Gasteiger partial charge is 0.157 e. The summed E-state index contributed by atoms with van der Waals surface area (Å²) in [6, 6.07) is 12.2. The number of hydrogen-bond donors (Lipinski definition) is 1. The van der Waals surface area contributed by atoms with Crippen LogP contribution < -0.4 is 5.32 Å². The van der Waals surface area contributed by atoms with Crippen LogP contribution in [0.5, 0.6) is 0 Å². The van der Waals surface area contributed by atoms with Crippen LogP contribution in [0.4, 0.5) is 5.82 Å². The molecule has 26 heavy (non-hydrogen) atoms. The molecule has 1 aromatic carbocycles. The second kappa shape index (κ2) is 7.64. The average Bonchev–Trinajstić information content (AvgIpc) is 3.02. The van der Waals surface area contributed by atoms with Gasteiger partial charge in [-0.3, -0.25) is 0 Å². The first kappa shape index (κ1) is 17.3. The maximum absolute atomic E-state index is 6.37. The fourth-order valence-electron chi connectivity index (χ4n) is 3.54. The van der Waals surface area contributed by atoms with Crippen molar-refractivity contribution in [3.8, 4) is 0 Å². The van der Waals surface area contributed by atoms with Crippen LogP contribution in [0, 0.1) is 0 Å².